The van der Waals surface area contributed by atoms with E-state index >= 15 is 0 Å². The molecule has 1 fully saturated rings. The van der Waals surface area contributed by atoms with Crippen LogP contribution in [0.1, 0.15) is 33.3 Å². The lowest BCUT2D eigenvalue weighted by Gasteiger charge is -2.32. The van der Waals surface area contributed by atoms with Gasteiger partial charge >= 0.3 is 13.3 Å². The summed E-state index contributed by atoms with van der Waals surface area (Å²) in [6.07, 6.45) is -3.93. The van der Waals surface area contributed by atoms with E-state index in [1.54, 1.807) is 27.7 Å². The van der Waals surface area contributed by atoms with Crippen molar-refractivity contribution in [2.45, 2.75) is 45.1 Å². The van der Waals surface area contributed by atoms with Gasteiger partial charge in [-0.05, 0) is 33.8 Å². The molecular weight excluding hydrogens is 277 g/mol. The molecule has 0 aliphatic carbocycles. The molecule has 0 amide bonds. The Bertz CT molecular complexity index is 515. The van der Waals surface area contributed by atoms with E-state index < -0.39 is 41.5 Å². The molecular formula is C12H14BF4NO2. The van der Waals surface area contributed by atoms with Crippen molar-refractivity contribution in [2.24, 2.45) is 0 Å². The van der Waals surface area contributed by atoms with E-state index in [4.69, 9.17) is 9.31 Å². The third kappa shape index (κ3) is 2.42. The van der Waals surface area contributed by atoms with E-state index in [1.807, 2.05) is 0 Å². The molecule has 8 heteroatoms. The van der Waals surface area contributed by atoms with Gasteiger partial charge in [0, 0.05) is 11.7 Å². The van der Waals surface area contributed by atoms with Gasteiger partial charge in [-0.15, -0.1) is 0 Å². The third-order valence-electron chi connectivity index (χ3n) is 3.74. The van der Waals surface area contributed by atoms with Crippen LogP contribution in [-0.4, -0.2) is 23.3 Å². The first-order valence-corrected chi connectivity index (χ1v) is 6.03. The van der Waals surface area contributed by atoms with Crippen LogP contribution in [0, 0.1) is 5.95 Å². The molecule has 1 aliphatic heterocycles. The van der Waals surface area contributed by atoms with Crippen molar-refractivity contribution in [1.29, 1.82) is 0 Å². The summed E-state index contributed by atoms with van der Waals surface area (Å²) in [5.41, 5.74) is -3.56. The van der Waals surface area contributed by atoms with Gasteiger partial charge in [0.05, 0.1) is 16.8 Å². The van der Waals surface area contributed by atoms with Gasteiger partial charge in [-0.2, -0.15) is 17.6 Å². The standard InChI is InChI=1S/C12H14BF4NO2/c1-10(2)11(3,4)20-13(19-10)8-7(12(15,16)17)5-6-18-9(8)14/h5-6H,1-4H3. The number of hydrogen-bond acceptors (Lipinski definition) is 3. The van der Waals surface area contributed by atoms with Crippen molar-refractivity contribution < 1.29 is 26.9 Å². The van der Waals surface area contributed by atoms with E-state index in [1.165, 1.54) is 0 Å². The summed E-state index contributed by atoms with van der Waals surface area (Å²) in [4.78, 5) is 3.27. The first kappa shape index (κ1) is 15.2. The number of pyridine rings is 1. The fraction of sp³-hybridized carbons (Fsp3) is 0.583. The van der Waals surface area contributed by atoms with Gasteiger partial charge in [-0.25, -0.2) is 4.98 Å². The SMILES string of the molecule is CC1(C)OB(c2c(C(F)(F)F)ccnc2F)OC1(C)C. The molecule has 1 saturated heterocycles. The Morgan fingerprint density at radius 2 is 1.60 bits per heavy atom. The van der Waals surface area contributed by atoms with E-state index in [0.717, 1.165) is 6.20 Å². The highest BCUT2D eigenvalue weighted by atomic mass is 19.4. The quantitative estimate of drug-likeness (QED) is 0.452. The topological polar surface area (TPSA) is 31.4 Å². The lowest BCUT2D eigenvalue weighted by atomic mass is 9.76. The predicted octanol–water partition coefficient (Wildman–Crippen LogP) is 2.54. The van der Waals surface area contributed by atoms with Gasteiger partial charge < -0.3 is 9.31 Å². The van der Waals surface area contributed by atoms with Gasteiger partial charge in [0.2, 0.25) is 5.95 Å². The molecule has 0 atom stereocenters. The zero-order valence-electron chi connectivity index (χ0n) is 11.5. The molecule has 1 aliphatic rings. The van der Waals surface area contributed by atoms with Crippen LogP contribution in [0.3, 0.4) is 0 Å². The molecule has 0 saturated carbocycles. The van der Waals surface area contributed by atoms with Crippen molar-refractivity contribution in [1.82, 2.24) is 4.98 Å². The molecule has 1 aromatic heterocycles. The van der Waals surface area contributed by atoms with Crippen LogP contribution >= 0.6 is 0 Å². The van der Waals surface area contributed by atoms with E-state index in [9.17, 15) is 17.6 Å². The summed E-state index contributed by atoms with van der Waals surface area (Å²) >= 11 is 0. The maximum absolute atomic E-state index is 13.8. The van der Waals surface area contributed by atoms with Crippen molar-refractivity contribution >= 4 is 12.6 Å². The Labute approximate surface area is 114 Å². The van der Waals surface area contributed by atoms with Crippen LogP contribution in [-0.2, 0) is 15.5 Å². The van der Waals surface area contributed by atoms with Gasteiger partial charge in [0.25, 0.3) is 0 Å². The smallest absolute Gasteiger partial charge is 0.399 e. The minimum absolute atomic E-state index is 0.710. The maximum atomic E-state index is 13.8. The number of hydrogen-bond donors (Lipinski definition) is 0. The Morgan fingerprint density at radius 3 is 2.05 bits per heavy atom. The second kappa shape index (κ2) is 4.43. The fourth-order valence-corrected chi connectivity index (χ4v) is 1.88. The molecule has 0 bridgehead atoms. The van der Waals surface area contributed by atoms with E-state index in [-0.39, 0.29) is 0 Å². The van der Waals surface area contributed by atoms with Crippen LogP contribution in [0.2, 0.25) is 0 Å². The van der Waals surface area contributed by atoms with Crippen LogP contribution in [0.25, 0.3) is 0 Å². The molecule has 1 aromatic rings. The molecule has 110 valence electrons. The highest BCUT2D eigenvalue weighted by Gasteiger charge is 2.54. The summed E-state index contributed by atoms with van der Waals surface area (Å²) in [5.74, 6) is -1.24. The lowest BCUT2D eigenvalue weighted by Crippen LogP contribution is -2.41. The molecule has 0 aromatic carbocycles. The minimum atomic E-state index is -4.71. The fourth-order valence-electron chi connectivity index (χ4n) is 1.88. The summed E-state index contributed by atoms with van der Waals surface area (Å²) in [6.45, 7) is 6.70. The van der Waals surface area contributed by atoms with E-state index in [2.05, 4.69) is 4.98 Å². The van der Waals surface area contributed by atoms with Gasteiger partial charge in [-0.3, -0.25) is 0 Å². The van der Waals surface area contributed by atoms with Gasteiger partial charge in [0.15, 0.2) is 0 Å². The van der Waals surface area contributed by atoms with Crippen LogP contribution < -0.4 is 5.46 Å². The summed E-state index contributed by atoms with van der Waals surface area (Å²) in [6, 6.07) is 0.712. The number of aromatic nitrogens is 1. The second-order valence-electron chi connectivity index (χ2n) is 5.65. The normalized spacial score (nSPS) is 21.3. The van der Waals surface area contributed by atoms with Crippen molar-refractivity contribution in [3.63, 3.8) is 0 Å². The van der Waals surface area contributed by atoms with Crippen molar-refractivity contribution in [2.75, 3.05) is 0 Å². The first-order valence-electron chi connectivity index (χ1n) is 6.03. The molecule has 2 rings (SSSR count). The first-order chi connectivity index (χ1) is 8.96. The number of rotatable bonds is 1. The predicted molar refractivity (Wildman–Crippen MR) is 64.9 cm³/mol. The summed E-state index contributed by atoms with van der Waals surface area (Å²) in [7, 11) is -1.44. The zero-order chi connectivity index (χ0) is 15.3. The molecule has 0 N–H and O–H groups in total. The van der Waals surface area contributed by atoms with Gasteiger partial charge in [0.1, 0.15) is 0 Å². The summed E-state index contributed by atoms with van der Waals surface area (Å²) in [5, 5.41) is 0. The average molecular weight is 291 g/mol. The van der Waals surface area contributed by atoms with Crippen LogP contribution in [0.4, 0.5) is 17.6 Å². The molecule has 2 heterocycles. The maximum Gasteiger partial charge on any atom is 0.500 e. The Morgan fingerprint density at radius 1 is 1.10 bits per heavy atom. The van der Waals surface area contributed by atoms with Crippen LogP contribution in [0.15, 0.2) is 12.3 Å². The van der Waals surface area contributed by atoms with Gasteiger partial charge in [-0.1, -0.05) is 0 Å². The number of halogens is 4. The lowest BCUT2D eigenvalue weighted by molar-refractivity contribution is -0.137. The minimum Gasteiger partial charge on any atom is -0.399 e. The van der Waals surface area contributed by atoms with Crippen molar-refractivity contribution in [3.8, 4) is 0 Å². The molecule has 0 unspecified atom stereocenters. The second-order valence-corrected chi connectivity index (χ2v) is 5.65. The third-order valence-corrected chi connectivity index (χ3v) is 3.74. The molecule has 3 nitrogen and oxygen atoms in total. The Kier molecular flexibility index (Phi) is 3.37. The monoisotopic (exact) mass is 291 g/mol. The zero-order valence-corrected chi connectivity index (χ0v) is 11.5. The highest BCUT2D eigenvalue weighted by Crippen LogP contribution is 2.38. The van der Waals surface area contributed by atoms with Crippen molar-refractivity contribution in [3.05, 3.63) is 23.8 Å². The van der Waals surface area contributed by atoms with E-state index in [0.29, 0.717) is 6.07 Å². The molecule has 0 radical (unpaired) electrons. The highest BCUT2D eigenvalue weighted by molar-refractivity contribution is 6.62. The molecule has 0 spiro atoms. The molecule has 20 heavy (non-hydrogen) atoms. The summed E-state index contributed by atoms with van der Waals surface area (Å²) < 4.78 is 63.6. The van der Waals surface area contributed by atoms with Crippen LogP contribution in [0.5, 0.6) is 0 Å². The Hall–Kier alpha value is -1.15. The average Bonchev–Trinajstić information content (AvgIpc) is 2.46. The number of nitrogens with zero attached hydrogens (tertiary/aromatic N) is 1. The Balaban J connectivity index is 2.50. The number of alkyl halides is 3. The largest absolute Gasteiger partial charge is 0.500 e.